The van der Waals surface area contributed by atoms with E-state index in [-0.39, 0.29) is 5.91 Å². The summed E-state index contributed by atoms with van der Waals surface area (Å²) in [4.78, 5) is 16.2. The van der Waals surface area contributed by atoms with Crippen molar-refractivity contribution in [1.82, 2.24) is 9.55 Å². The van der Waals surface area contributed by atoms with Crippen LogP contribution in [0, 0.1) is 5.92 Å². The van der Waals surface area contributed by atoms with Gasteiger partial charge in [0.15, 0.2) is 0 Å². The molecule has 2 aromatic rings. The lowest BCUT2D eigenvalue weighted by molar-refractivity contribution is 0.0903. The van der Waals surface area contributed by atoms with Crippen LogP contribution in [0.25, 0.3) is 11.0 Å². The van der Waals surface area contributed by atoms with Gasteiger partial charge in [-0.25, -0.2) is 4.98 Å². The van der Waals surface area contributed by atoms with Crippen molar-refractivity contribution in [2.45, 2.75) is 33.1 Å². The van der Waals surface area contributed by atoms with Gasteiger partial charge in [-0.2, -0.15) is 0 Å². The Kier molecular flexibility index (Phi) is 3.57. The molecule has 0 spiro atoms. The summed E-state index contributed by atoms with van der Waals surface area (Å²) in [5.74, 6) is 0.793. The van der Waals surface area contributed by atoms with Gasteiger partial charge in [-0.15, -0.1) is 0 Å². The number of rotatable bonds is 4. The zero-order valence-electron chi connectivity index (χ0n) is 10.4. The SMILES string of the molecule is CC(C)CCCC(=O)n1cnc2ccccc21. The molecule has 0 fully saturated rings. The molecule has 0 saturated heterocycles. The summed E-state index contributed by atoms with van der Waals surface area (Å²) in [6.07, 6.45) is 4.27. The van der Waals surface area contributed by atoms with E-state index in [4.69, 9.17) is 0 Å². The third-order valence-corrected chi connectivity index (χ3v) is 2.89. The first-order valence-electron chi connectivity index (χ1n) is 6.14. The van der Waals surface area contributed by atoms with Gasteiger partial charge in [0.25, 0.3) is 0 Å². The van der Waals surface area contributed by atoms with Crippen LogP contribution in [-0.2, 0) is 0 Å². The second-order valence-electron chi connectivity index (χ2n) is 4.78. The van der Waals surface area contributed by atoms with Crippen molar-refractivity contribution < 1.29 is 4.79 Å². The first kappa shape index (κ1) is 11.8. The Morgan fingerprint density at radius 1 is 1.35 bits per heavy atom. The molecule has 0 saturated carbocycles. The molecule has 1 aromatic heterocycles. The molecule has 0 aliphatic heterocycles. The van der Waals surface area contributed by atoms with E-state index < -0.39 is 0 Å². The van der Waals surface area contributed by atoms with Gasteiger partial charge in [-0.3, -0.25) is 9.36 Å². The quantitative estimate of drug-likeness (QED) is 0.805. The Morgan fingerprint density at radius 3 is 2.88 bits per heavy atom. The van der Waals surface area contributed by atoms with Gasteiger partial charge >= 0.3 is 0 Å². The monoisotopic (exact) mass is 230 g/mol. The molecule has 0 unspecified atom stereocenters. The first-order valence-corrected chi connectivity index (χ1v) is 6.14. The number of para-hydroxylation sites is 2. The minimum absolute atomic E-state index is 0.138. The number of hydrogen-bond donors (Lipinski definition) is 0. The van der Waals surface area contributed by atoms with Crippen LogP contribution < -0.4 is 0 Å². The Morgan fingerprint density at radius 2 is 2.12 bits per heavy atom. The zero-order valence-corrected chi connectivity index (χ0v) is 10.4. The second-order valence-corrected chi connectivity index (χ2v) is 4.78. The molecule has 2 rings (SSSR count). The lowest BCUT2D eigenvalue weighted by Gasteiger charge is -2.05. The molecule has 0 N–H and O–H groups in total. The molecule has 1 heterocycles. The smallest absolute Gasteiger partial charge is 0.232 e. The van der Waals surface area contributed by atoms with E-state index in [9.17, 15) is 4.79 Å². The van der Waals surface area contributed by atoms with Crippen LogP contribution in [0.15, 0.2) is 30.6 Å². The van der Waals surface area contributed by atoms with Crippen LogP contribution in [0.1, 0.15) is 37.9 Å². The van der Waals surface area contributed by atoms with Crippen molar-refractivity contribution >= 4 is 16.9 Å². The number of carbonyl (C=O) groups excluding carboxylic acids is 1. The molecule has 0 atom stereocenters. The number of aromatic nitrogens is 2. The van der Waals surface area contributed by atoms with Crippen molar-refractivity contribution in [3.8, 4) is 0 Å². The fourth-order valence-electron chi connectivity index (χ4n) is 1.94. The molecule has 0 radical (unpaired) electrons. The van der Waals surface area contributed by atoms with E-state index in [1.165, 1.54) is 0 Å². The van der Waals surface area contributed by atoms with Gasteiger partial charge in [-0.05, 0) is 24.5 Å². The van der Waals surface area contributed by atoms with Crippen LogP contribution >= 0.6 is 0 Å². The molecule has 0 amide bonds. The van der Waals surface area contributed by atoms with Gasteiger partial charge in [0, 0.05) is 6.42 Å². The maximum atomic E-state index is 12.0. The molecule has 0 aliphatic rings. The number of hydrogen-bond acceptors (Lipinski definition) is 2. The average Bonchev–Trinajstić information content (AvgIpc) is 2.72. The van der Waals surface area contributed by atoms with Crippen LogP contribution in [0.3, 0.4) is 0 Å². The van der Waals surface area contributed by atoms with E-state index in [0.717, 1.165) is 23.9 Å². The lowest BCUT2D eigenvalue weighted by atomic mass is 10.1. The minimum Gasteiger partial charge on any atom is -0.274 e. The molecule has 0 aliphatic carbocycles. The minimum atomic E-state index is 0.138. The Balaban J connectivity index is 2.09. The Hall–Kier alpha value is -1.64. The van der Waals surface area contributed by atoms with E-state index in [2.05, 4.69) is 18.8 Å². The number of imidazole rings is 1. The van der Waals surface area contributed by atoms with Gasteiger partial charge in [0.05, 0.1) is 11.0 Å². The third-order valence-electron chi connectivity index (χ3n) is 2.89. The fraction of sp³-hybridized carbons (Fsp3) is 0.429. The van der Waals surface area contributed by atoms with Crippen molar-refractivity contribution in [1.29, 1.82) is 0 Å². The number of nitrogens with zero attached hydrogens (tertiary/aromatic N) is 2. The fourth-order valence-corrected chi connectivity index (χ4v) is 1.94. The van der Waals surface area contributed by atoms with E-state index >= 15 is 0 Å². The van der Waals surface area contributed by atoms with Gasteiger partial charge < -0.3 is 0 Å². The highest BCUT2D eigenvalue weighted by Crippen LogP contribution is 2.14. The van der Waals surface area contributed by atoms with Crippen molar-refractivity contribution in [2.75, 3.05) is 0 Å². The highest BCUT2D eigenvalue weighted by atomic mass is 16.2. The van der Waals surface area contributed by atoms with E-state index in [1.54, 1.807) is 10.9 Å². The molecule has 0 bridgehead atoms. The second kappa shape index (κ2) is 5.13. The van der Waals surface area contributed by atoms with Crippen molar-refractivity contribution in [3.63, 3.8) is 0 Å². The topological polar surface area (TPSA) is 34.9 Å². The van der Waals surface area contributed by atoms with Gasteiger partial charge in [0.1, 0.15) is 6.33 Å². The number of carbonyl (C=O) groups is 1. The first-order chi connectivity index (χ1) is 8.18. The van der Waals surface area contributed by atoms with Crippen LogP contribution in [0.5, 0.6) is 0 Å². The predicted octanol–water partition coefficient (Wildman–Crippen LogP) is 3.50. The van der Waals surface area contributed by atoms with E-state index in [1.807, 2.05) is 24.3 Å². The summed E-state index contributed by atoms with van der Waals surface area (Å²) in [7, 11) is 0. The van der Waals surface area contributed by atoms with Crippen LogP contribution in [0.2, 0.25) is 0 Å². The average molecular weight is 230 g/mol. The lowest BCUT2D eigenvalue weighted by Crippen LogP contribution is -2.09. The summed E-state index contributed by atoms with van der Waals surface area (Å²) >= 11 is 0. The number of fused-ring (bicyclic) bond motifs is 1. The molecule has 90 valence electrons. The zero-order chi connectivity index (χ0) is 12.3. The summed E-state index contributed by atoms with van der Waals surface area (Å²) in [6, 6.07) is 7.72. The molecule has 17 heavy (non-hydrogen) atoms. The highest BCUT2D eigenvalue weighted by molar-refractivity contribution is 5.90. The summed E-state index contributed by atoms with van der Waals surface area (Å²) in [5, 5.41) is 0. The predicted molar refractivity (Wildman–Crippen MR) is 69.0 cm³/mol. The van der Waals surface area contributed by atoms with Crippen molar-refractivity contribution in [2.24, 2.45) is 5.92 Å². The summed E-state index contributed by atoms with van der Waals surface area (Å²) in [5.41, 5.74) is 1.78. The standard InChI is InChI=1S/C14H18N2O/c1-11(2)6-5-9-14(17)16-10-15-12-7-3-4-8-13(12)16/h3-4,7-8,10-11H,5-6,9H2,1-2H3. The highest BCUT2D eigenvalue weighted by Gasteiger charge is 2.09. The maximum absolute atomic E-state index is 12.0. The molecular weight excluding hydrogens is 212 g/mol. The maximum Gasteiger partial charge on any atom is 0.232 e. The van der Waals surface area contributed by atoms with Crippen LogP contribution in [-0.4, -0.2) is 15.5 Å². The summed E-state index contributed by atoms with van der Waals surface area (Å²) < 4.78 is 1.66. The summed E-state index contributed by atoms with van der Waals surface area (Å²) in [6.45, 7) is 4.36. The normalized spacial score (nSPS) is 11.2. The number of benzene rings is 1. The van der Waals surface area contributed by atoms with Gasteiger partial charge in [0.2, 0.25) is 5.91 Å². The van der Waals surface area contributed by atoms with Crippen LogP contribution in [0.4, 0.5) is 0 Å². The molecule has 3 nitrogen and oxygen atoms in total. The van der Waals surface area contributed by atoms with E-state index in [0.29, 0.717) is 12.3 Å². The Bertz CT molecular complexity index is 514. The molecule has 1 aromatic carbocycles. The third kappa shape index (κ3) is 2.73. The molecular formula is C14H18N2O. The Labute approximate surface area is 101 Å². The molecule has 3 heteroatoms. The largest absolute Gasteiger partial charge is 0.274 e. The van der Waals surface area contributed by atoms with Crippen molar-refractivity contribution in [3.05, 3.63) is 30.6 Å². The van der Waals surface area contributed by atoms with Gasteiger partial charge in [-0.1, -0.05) is 32.4 Å².